The van der Waals surface area contributed by atoms with Crippen LogP contribution in [0.15, 0.2) is 0 Å². The molecule has 1 heteroatoms. The lowest BCUT2D eigenvalue weighted by Crippen LogP contribution is -2.34. The highest BCUT2D eigenvalue weighted by molar-refractivity contribution is 6.15. The van der Waals surface area contributed by atoms with E-state index in [2.05, 4.69) is 42.5 Å². The van der Waals surface area contributed by atoms with Crippen molar-refractivity contribution in [2.45, 2.75) is 123 Å². The van der Waals surface area contributed by atoms with Crippen molar-refractivity contribution in [1.29, 1.82) is 0 Å². The number of hydrogen-bond acceptors (Lipinski definition) is 0. The van der Waals surface area contributed by atoms with Gasteiger partial charge in [-0.15, -0.1) is 0 Å². The van der Waals surface area contributed by atoms with Gasteiger partial charge in [-0.1, -0.05) is 111 Å². The van der Waals surface area contributed by atoms with Crippen LogP contribution >= 0.6 is 0 Å². The second-order valence-corrected chi connectivity index (χ2v) is 7.80. The van der Waals surface area contributed by atoms with Crippen LogP contribution in [0.4, 0.5) is 0 Å². The fraction of sp³-hybridized carbons (Fsp3) is 1.00. The first-order valence-electron chi connectivity index (χ1n) is 9.99. The lowest BCUT2D eigenvalue weighted by atomic mass is 9.48. The summed E-state index contributed by atoms with van der Waals surface area (Å²) < 4.78 is 0. The minimum atomic E-state index is 0.532. The third-order valence-electron chi connectivity index (χ3n) is 6.43. The number of rotatable bonds is 14. The lowest BCUT2D eigenvalue weighted by molar-refractivity contribution is 0.149. The van der Waals surface area contributed by atoms with Gasteiger partial charge in [-0.3, -0.25) is 0 Å². The first-order valence-corrected chi connectivity index (χ1v) is 9.99. The van der Waals surface area contributed by atoms with E-state index in [1.807, 2.05) is 0 Å². The third kappa shape index (κ3) is 7.24. The molecule has 0 saturated heterocycles. The molecule has 0 spiro atoms. The Labute approximate surface area is 137 Å². The maximum Gasteiger partial charge on any atom is 0.110 e. The second-order valence-electron chi connectivity index (χ2n) is 7.80. The average molecular weight is 294 g/mol. The normalized spacial score (nSPS) is 15.1. The zero-order chi connectivity index (χ0) is 16.2. The first kappa shape index (κ1) is 21.1. The Hall–Kier alpha value is 0.0649. The van der Waals surface area contributed by atoms with Gasteiger partial charge in [0.25, 0.3) is 0 Å². The van der Waals surface area contributed by atoms with Crippen molar-refractivity contribution < 1.29 is 0 Å². The average Bonchev–Trinajstić information content (AvgIpc) is 2.50. The zero-order valence-electron chi connectivity index (χ0n) is 16.2. The van der Waals surface area contributed by atoms with Crippen LogP contribution in [0.2, 0.25) is 5.31 Å². The molecule has 0 aromatic carbocycles. The van der Waals surface area contributed by atoms with Crippen LogP contribution in [-0.4, -0.2) is 7.85 Å². The highest BCUT2D eigenvalue weighted by Gasteiger charge is 2.40. The molecule has 1 atom stereocenters. The quantitative estimate of drug-likeness (QED) is 0.240. The van der Waals surface area contributed by atoms with E-state index in [9.17, 15) is 0 Å². The summed E-state index contributed by atoms with van der Waals surface area (Å²) in [6.45, 7) is 12.0. The minimum absolute atomic E-state index is 0.532. The van der Waals surface area contributed by atoms with Gasteiger partial charge in [0.15, 0.2) is 0 Å². The molecule has 0 aromatic rings. The molecule has 0 N–H and O–H groups in total. The topological polar surface area (TPSA) is 0 Å². The van der Waals surface area contributed by atoms with Gasteiger partial charge in [0, 0.05) is 0 Å². The van der Waals surface area contributed by atoms with E-state index >= 15 is 0 Å². The van der Waals surface area contributed by atoms with Crippen LogP contribution < -0.4 is 0 Å². The minimum Gasteiger partial charge on any atom is -0.0655 e. The van der Waals surface area contributed by atoms with Crippen molar-refractivity contribution in [1.82, 2.24) is 0 Å². The van der Waals surface area contributed by atoms with E-state index in [1.165, 1.54) is 83.5 Å². The van der Waals surface area contributed by atoms with E-state index in [0.717, 1.165) is 0 Å². The zero-order valence-corrected chi connectivity index (χ0v) is 16.2. The SMILES string of the molecule is BC(CC)(CC)C(C)(CCCCCC)CCCCCCC. The van der Waals surface area contributed by atoms with E-state index in [0.29, 0.717) is 10.7 Å². The summed E-state index contributed by atoms with van der Waals surface area (Å²) in [5, 5.41) is 0.532. The van der Waals surface area contributed by atoms with Gasteiger partial charge >= 0.3 is 0 Å². The summed E-state index contributed by atoms with van der Waals surface area (Å²) in [6, 6.07) is 0. The van der Waals surface area contributed by atoms with Crippen LogP contribution in [0, 0.1) is 5.41 Å². The van der Waals surface area contributed by atoms with Gasteiger partial charge in [0.05, 0.1) is 0 Å². The van der Waals surface area contributed by atoms with Crippen LogP contribution in [0.25, 0.3) is 0 Å². The smallest absolute Gasteiger partial charge is 0.0655 e. The standard InChI is InChI=1S/C20H43B/c1-6-10-12-14-16-18-19(5,17-15-13-11-7-2)20(21,8-3)9-4/h6-18,21H2,1-5H3. The predicted octanol–water partition coefficient (Wildman–Crippen LogP) is 6.94. The van der Waals surface area contributed by atoms with Gasteiger partial charge < -0.3 is 0 Å². The Morgan fingerprint density at radius 3 is 1.38 bits per heavy atom. The predicted molar refractivity (Wildman–Crippen MR) is 102 cm³/mol. The molecule has 0 fully saturated rings. The van der Waals surface area contributed by atoms with Gasteiger partial charge in [0.2, 0.25) is 0 Å². The molecule has 0 aliphatic heterocycles. The molecule has 0 radical (unpaired) electrons. The fourth-order valence-electron chi connectivity index (χ4n) is 3.89. The monoisotopic (exact) mass is 294 g/mol. The molecule has 0 bridgehead atoms. The largest absolute Gasteiger partial charge is 0.110 e. The lowest BCUT2D eigenvalue weighted by Gasteiger charge is -2.47. The molecule has 0 heterocycles. The van der Waals surface area contributed by atoms with E-state index in [1.54, 1.807) is 0 Å². The Morgan fingerprint density at radius 2 is 1.00 bits per heavy atom. The van der Waals surface area contributed by atoms with Gasteiger partial charge in [-0.2, -0.15) is 0 Å². The fourth-order valence-corrected chi connectivity index (χ4v) is 3.89. The van der Waals surface area contributed by atoms with E-state index in [-0.39, 0.29) is 0 Å². The third-order valence-corrected chi connectivity index (χ3v) is 6.43. The van der Waals surface area contributed by atoms with Crippen LogP contribution in [-0.2, 0) is 0 Å². The van der Waals surface area contributed by atoms with E-state index in [4.69, 9.17) is 0 Å². The molecular formula is C20H43B. The molecule has 0 nitrogen and oxygen atoms in total. The molecule has 0 saturated carbocycles. The van der Waals surface area contributed by atoms with Crippen molar-refractivity contribution in [3.63, 3.8) is 0 Å². The van der Waals surface area contributed by atoms with Crippen LogP contribution in [0.1, 0.15) is 118 Å². The first-order chi connectivity index (χ1) is 9.99. The van der Waals surface area contributed by atoms with Gasteiger partial charge in [-0.25, -0.2) is 0 Å². The highest BCUT2D eigenvalue weighted by Crippen LogP contribution is 2.54. The van der Waals surface area contributed by atoms with Gasteiger partial charge in [-0.05, 0) is 18.3 Å². The molecule has 1 unspecified atom stereocenters. The van der Waals surface area contributed by atoms with Crippen LogP contribution in [0.3, 0.4) is 0 Å². The molecule has 0 aliphatic carbocycles. The second kappa shape index (κ2) is 11.6. The summed E-state index contributed by atoms with van der Waals surface area (Å²) in [5.74, 6) is 0. The molecule has 0 aliphatic rings. The maximum absolute atomic E-state index is 2.60. The Bertz CT molecular complexity index is 232. The van der Waals surface area contributed by atoms with Crippen molar-refractivity contribution in [3.8, 4) is 0 Å². The number of unbranched alkanes of at least 4 members (excludes halogenated alkanes) is 7. The van der Waals surface area contributed by atoms with Crippen molar-refractivity contribution >= 4 is 7.85 Å². The molecular weight excluding hydrogens is 251 g/mol. The molecule has 0 amide bonds. The molecule has 126 valence electrons. The molecule has 21 heavy (non-hydrogen) atoms. The molecule has 0 rings (SSSR count). The Balaban J connectivity index is 4.51. The van der Waals surface area contributed by atoms with Crippen molar-refractivity contribution in [3.05, 3.63) is 0 Å². The number of hydrogen-bond donors (Lipinski definition) is 0. The summed E-state index contributed by atoms with van der Waals surface area (Å²) in [5.41, 5.74) is 0.552. The summed E-state index contributed by atoms with van der Waals surface area (Å²) in [4.78, 5) is 0. The van der Waals surface area contributed by atoms with Crippen molar-refractivity contribution in [2.24, 2.45) is 5.41 Å². The summed E-state index contributed by atoms with van der Waals surface area (Å²) in [7, 11) is 2.55. The van der Waals surface area contributed by atoms with Gasteiger partial charge in [0.1, 0.15) is 7.85 Å². The highest BCUT2D eigenvalue weighted by atomic mass is 14.4. The van der Waals surface area contributed by atoms with E-state index < -0.39 is 0 Å². The maximum atomic E-state index is 2.60. The summed E-state index contributed by atoms with van der Waals surface area (Å²) in [6.07, 6.45) is 18.3. The Kier molecular flexibility index (Phi) is 11.6. The Morgan fingerprint density at radius 1 is 0.619 bits per heavy atom. The molecule has 0 aromatic heterocycles. The summed E-state index contributed by atoms with van der Waals surface area (Å²) >= 11 is 0. The van der Waals surface area contributed by atoms with Crippen molar-refractivity contribution in [2.75, 3.05) is 0 Å². The van der Waals surface area contributed by atoms with Crippen LogP contribution in [0.5, 0.6) is 0 Å².